The van der Waals surface area contributed by atoms with Gasteiger partial charge in [-0.1, -0.05) is 11.6 Å². The van der Waals surface area contributed by atoms with Gasteiger partial charge in [-0.25, -0.2) is 14.4 Å². The van der Waals surface area contributed by atoms with Crippen LogP contribution in [0, 0.1) is 12.7 Å². The van der Waals surface area contributed by atoms with Gasteiger partial charge in [-0.05, 0) is 25.1 Å². The summed E-state index contributed by atoms with van der Waals surface area (Å²) in [5.41, 5.74) is 1.31. The SMILES string of the molecule is COc1cc2ncnc(Nc3ccc(Cl)c(C)c3F)c2cc1OC. The normalized spacial score (nSPS) is 10.7. The first kappa shape index (κ1) is 16.3. The lowest BCUT2D eigenvalue weighted by atomic mass is 10.1. The molecule has 1 aromatic heterocycles. The Morgan fingerprint density at radius 2 is 1.79 bits per heavy atom. The number of halogens is 2. The third-order valence-corrected chi connectivity index (χ3v) is 4.12. The third-order valence-electron chi connectivity index (χ3n) is 3.71. The van der Waals surface area contributed by atoms with Crippen LogP contribution >= 0.6 is 11.6 Å². The van der Waals surface area contributed by atoms with Crippen molar-refractivity contribution in [2.75, 3.05) is 19.5 Å². The standard InChI is InChI=1S/C17H15ClFN3O2/c1-9-11(18)4-5-12(16(9)19)22-17-10-6-14(23-2)15(24-3)7-13(10)20-8-21-17/h4-8H,1-3H3,(H,20,21,22). The molecule has 0 fully saturated rings. The van der Waals surface area contributed by atoms with E-state index in [2.05, 4.69) is 15.3 Å². The van der Waals surface area contributed by atoms with Crippen LogP contribution in [-0.4, -0.2) is 24.2 Å². The zero-order valence-electron chi connectivity index (χ0n) is 13.4. The Labute approximate surface area is 143 Å². The highest BCUT2D eigenvalue weighted by atomic mass is 35.5. The minimum atomic E-state index is -0.422. The Hall–Kier alpha value is -2.60. The molecule has 2 aromatic carbocycles. The van der Waals surface area contributed by atoms with E-state index in [1.165, 1.54) is 6.33 Å². The van der Waals surface area contributed by atoms with Crippen LogP contribution in [0.15, 0.2) is 30.6 Å². The number of fused-ring (bicyclic) bond motifs is 1. The van der Waals surface area contributed by atoms with Gasteiger partial charge in [-0.2, -0.15) is 0 Å². The van der Waals surface area contributed by atoms with Crippen LogP contribution in [0.4, 0.5) is 15.9 Å². The van der Waals surface area contributed by atoms with Gasteiger partial charge in [-0.3, -0.25) is 0 Å². The molecule has 0 aliphatic heterocycles. The second-order valence-electron chi connectivity index (χ2n) is 5.11. The minimum Gasteiger partial charge on any atom is -0.493 e. The zero-order chi connectivity index (χ0) is 17.3. The maximum atomic E-state index is 14.4. The Morgan fingerprint density at radius 1 is 1.08 bits per heavy atom. The van der Waals surface area contributed by atoms with Crippen molar-refractivity contribution in [1.82, 2.24) is 9.97 Å². The van der Waals surface area contributed by atoms with Gasteiger partial charge in [0.1, 0.15) is 12.1 Å². The van der Waals surface area contributed by atoms with Gasteiger partial charge in [0.05, 0.1) is 25.4 Å². The maximum absolute atomic E-state index is 14.4. The predicted octanol–water partition coefficient (Wildman–Crippen LogP) is 4.49. The van der Waals surface area contributed by atoms with E-state index in [1.807, 2.05) is 0 Å². The molecular weight excluding hydrogens is 333 g/mol. The van der Waals surface area contributed by atoms with Crippen molar-refractivity contribution in [2.24, 2.45) is 0 Å². The van der Waals surface area contributed by atoms with Gasteiger partial charge < -0.3 is 14.8 Å². The molecule has 124 valence electrons. The molecule has 0 saturated carbocycles. The number of hydrogen-bond acceptors (Lipinski definition) is 5. The van der Waals surface area contributed by atoms with Crippen LogP contribution in [0.25, 0.3) is 10.9 Å². The van der Waals surface area contributed by atoms with Crippen molar-refractivity contribution in [3.8, 4) is 11.5 Å². The number of methoxy groups -OCH3 is 2. The lowest BCUT2D eigenvalue weighted by Crippen LogP contribution is -2.00. The summed E-state index contributed by atoms with van der Waals surface area (Å²) in [7, 11) is 3.10. The second-order valence-corrected chi connectivity index (χ2v) is 5.51. The first-order valence-electron chi connectivity index (χ1n) is 7.13. The van der Waals surface area contributed by atoms with Crippen molar-refractivity contribution in [3.63, 3.8) is 0 Å². The molecule has 0 amide bonds. The summed E-state index contributed by atoms with van der Waals surface area (Å²) in [4.78, 5) is 8.43. The van der Waals surface area contributed by atoms with Crippen LogP contribution in [0.2, 0.25) is 5.02 Å². The Balaban J connectivity index is 2.12. The van der Waals surface area contributed by atoms with Crippen molar-refractivity contribution < 1.29 is 13.9 Å². The average molecular weight is 348 g/mol. The summed E-state index contributed by atoms with van der Waals surface area (Å²) in [6.07, 6.45) is 1.40. The molecule has 5 nitrogen and oxygen atoms in total. The van der Waals surface area contributed by atoms with Crippen LogP contribution in [-0.2, 0) is 0 Å². The van der Waals surface area contributed by atoms with E-state index in [9.17, 15) is 4.39 Å². The largest absolute Gasteiger partial charge is 0.493 e. The van der Waals surface area contributed by atoms with E-state index < -0.39 is 5.82 Å². The molecular formula is C17H15ClFN3O2. The fourth-order valence-electron chi connectivity index (χ4n) is 2.37. The van der Waals surface area contributed by atoms with Crippen LogP contribution in [0.5, 0.6) is 11.5 Å². The van der Waals surface area contributed by atoms with Gasteiger partial charge in [-0.15, -0.1) is 0 Å². The lowest BCUT2D eigenvalue weighted by Gasteiger charge is -2.13. The molecule has 0 aliphatic carbocycles. The highest BCUT2D eigenvalue weighted by Crippen LogP contribution is 2.35. The summed E-state index contributed by atoms with van der Waals surface area (Å²) in [5.74, 6) is 1.13. The van der Waals surface area contributed by atoms with Gasteiger partial charge >= 0.3 is 0 Å². The number of aromatic nitrogens is 2. The average Bonchev–Trinajstić information content (AvgIpc) is 2.61. The van der Waals surface area contributed by atoms with E-state index in [1.54, 1.807) is 45.4 Å². The first-order valence-corrected chi connectivity index (χ1v) is 7.51. The molecule has 7 heteroatoms. The molecule has 3 rings (SSSR count). The maximum Gasteiger partial charge on any atom is 0.162 e. The Morgan fingerprint density at radius 3 is 2.50 bits per heavy atom. The topological polar surface area (TPSA) is 56.3 Å². The summed E-state index contributed by atoms with van der Waals surface area (Å²) >= 11 is 5.93. The number of benzene rings is 2. The molecule has 1 heterocycles. The van der Waals surface area contributed by atoms with Gasteiger partial charge in [0.15, 0.2) is 17.3 Å². The molecule has 0 aliphatic rings. The molecule has 0 spiro atoms. The van der Waals surface area contributed by atoms with Gasteiger partial charge in [0.25, 0.3) is 0 Å². The highest BCUT2D eigenvalue weighted by molar-refractivity contribution is 6.31. The van der Waals surface area contributed by atoms with Crippen LogP contribution < -0.4 is 14.8 Å². The van der Waals surface area contributed by atoms with E-state index in [-0.39, 0.29) is 5.69 Å². The molecule has 0 saturated heterocycles. The van der Waals surface area contributed by atoms with Gasteiger partial charge in [0, 0.05) is 22.0 Å². The quantitative estimate of drug-likeness (QED) is 0.753. The van der Waals surface area contributed by atoms with E-state index >= 15 is 0 Å². The number of hydrogen-bond donors (Lipinski definition) is 1. The number of nitrogens with zero attached hydrogens (tertiary/aromatic N) is 2. The molecule has 0 bridgehead atoms. The number of ether oxygens (including phenoxy) is 2. The van der Waals surface area contributed by atoms with Crippen molar-refractivity contribution in [2.45, 2.75) is 6.92 Å². The molecule has 0 unspecified atom stereocenters. The predicted molar refractivity (Wildman–Crippen MR) is 92.1 cm³/mol. The monoisotopic (exact) mass is 347 g/mol. The first-order chi connectivity index (χ1) is 11.5. The highest BCUT2D eigenvalue weighted by Gasteiger charge is 2.14. The fourth-order valence-corrected chi connectivity index (χ4v) is 2.51. The van der Waals surface area contributed by atoms with Crippen molar-refractivity contribution in [1.29, 1.82) is 0 Å². The molecule has 1 N–H and O–H groups in total. The summed E-state index contributed by atoms with van der Waals surface area (Å²) in [6, 6.07) is 6.69. The lowest BCUT2D eigenvalue weighted by molar-refractivity contribution is 0.356. The number of nitrogens with one attached hydrogen (secondary N) is 1. The van der Waals surface area contributed by atoms with E-state index in [0.29, 0.717) is 38.8 Å². The summed E-state index contributed by atoms with van der Waals surface area (Å²) in [6.45, 7) is 1.62. The smallest absolute Gasteiger partial charge is 0.162 e. The van der Waals surface area contributed by atoms with Crippen molar-refractivity contribution >= 4 is 34.0 Å². The van der Waals surface area contributed by atoms with E-state index in [4.69, 9.17) is 21.1 Å². The number of rotatable bonds is 4. The fraction of sp³-hybridized carbons (Fsp3) is 0.176. The summed E-state index contributed by atoms with van der Waals surface area (Å²) in [5, 5.41) is 4.05. The Kier molecular flexibility index (Phi) is 4.40. The van der Waals surface area contributed by atoms with Crippen molar-refractivity contribution in [3.05, 3.63) is 47.0 Å². The minimum absolute atomic E-state index is 0.284. The Bertz CT molecular complexity index is 918. The molecule has 3 aromatic rings. The number of anilines is 2. The molecule has 0 radical (unpaired) electrons. The molecule has 0 atom stereocenters. The zero-order valence-corrected chi connectivity index (χ0v) is 14.1. The van der Waals surface area contributed by atoms with Crippen LogP contribution in [0.1, 0.15) is 5.56 Å². The van der Waals surface area contributed by atoms with Crippen LogP contribution in [0.3, 0.4) is 0 Å². The second kappa shape index (κ2) is 6.49. The third kappa shape index (κ3) is 2.80. The van der Waals surface area contributed by atoms with Gasteiger partial charge in [0.2, 0.25) is 0 Å². The van der Waals surface area contributed by atoms with E-state index in [0.717, 1.165) is 0 Å². The summed E-state index contributed by atoms with van der Waals surface area (Å²) < 4.78 is 25.0. The molecule has 24 heavy (non-hydrogen) atoms.